The van der Waals surface area contributed by atoms with Crippen LogP contribution in [0.2, 0.25) is 0 Å². The van der Waals surface area contributed by atoms with Gasteiger partial charge in [-0.05, 0) is 62.4 Å². The fraction of sp³-hybridized carbons (Fsp3) is 0.696. The van der Waals surface area contributed by atoms with E-state index in [4.69, 9.17) is 14.6 Å². The van der Waals surface area contributed by atoms with Crippen LogP contribution in [0.3, 0.4) is 0 Å². The van der Waals surface area contributed by atoms with Crippen molar-refractivity contribution in [1.82, 2.24) is 0 Å². The topological polar surface area (TPSA) is 89.9 Å². The van der Waals surface area contributed by atoms with Gasteiger partial charge in [0.2, 0.25) is 0 Å². The molecule has 0 unspecified atom stereocenters. The number of carboxylic acid groups (broad SMARTS) is 1. The van der Waals surface area contributed by atoms with Crippen LogP contribution in [0.15, 0.2) is 23.3 Å². The molecule has 0 aliphatic heterocycles. The molecule has 6 nitrogen and oxygen atoms in total. The molecule has 5 atom stereocenters. The van der Waals surface area contributed by atoms with Crippen LogP contribution in [0.1, 0.15) is 66.7 Å². The van der Waals surface area contributed by atoms with Crippen molar-refractivity contribution < 1.29 is 29.0 Å². The molecule has 2 aliphatic rings. The van der Waals surface area contributed by atoms with E-state index < -0.39 is 12.1 Å². The van der Waals surface area contributed by atoms with Gasteiger partial charge in [0, 0.05) is 24.0 Å². The summed E-state index contributed by atoms with van der Waals surface area (Å²) in [6, 6.07) is 0. The summed E-state index contributed by atoms with van der Waals surface area (Å²) in [5.41, 5.74) is 0.926. The molecule has 0 aromatic carbocycles. The summed E-state index contributed by atoms with van der Waals surface area (Å²) in [4.78, 5) is 35.2. The Morgan fingerprint density at radius 2 is 1.93 bits per heavy atom. The third-order valence-electron chi connectivity index (χ3n) is 7.37. The van der Waals surface area contributed by atoms with E-state index in [-0.39, 0.29) is 28.7 Å². The lowest BCUT2D eigenvalue weighted by atomic mass is 9.46. The Morgan fingerprint density at radius 3 is 2.48 bits per heavy atom. The maximum Gasteiger partial charge on any atom is 0.334 e. The zero-order chi connectivity index (χ0) is 22.0. The summed E-state index contributed by atoms with van der Waals surface area (Å²) < 4.78 is 10.6. The Bertz CT molecular complexity index is 736. The van der Waals surface area contributed by atoms with Crippen molar-refractivity contribution in [2.24, 2.45) is 22.7 Å². The monoisotopic (exact) mass is 406 g/mol. The van der Waals surface area contributed by atoms with Gasteiger partial charge in [0.05, 0.1) is 7.11 Å². The highest BCUT2D eigenvalue weighted by molar-refractivity contribution is 5.90. The highest BCUT2D eigenvalue weighted by Gasteiger charge is 2.57. The Hall–Kier alpha value is -2.11. The van der Waals surface area contributed by atoms with Crippen molar-refractivity contribution in [3.8, 4) is 0 Å². The van der Waals surface area contributed by atoms with E-state index in [1.54, 1.807) is 6.08 Å². The number of hydrogen-bond acceptors (Lipinski definition) is 5. The number of ether oxygens (including phenoxy) is 2. The van der Waals surface area contributed by atoms with Crippen molar-refractivity contribution in [1.29, 1.82) is 0 Å². The molecule has 0 bridgehead atoms. The second-order valence-corrected chi connectivity index (χ2v) is 9.20. The van der Waals surface area contributed by atoms with Crippen LogP contribution in [-0.4, -0.2) is 36.2 Å². The van der Waals surface area contributed by atoms with Crippen molar-refractivity contribution in [3.63, 3.8) is 0 Å². The summed E-state index contributed by atoms with van der Waals surface area (Å²) in [7, 11) is 1.38. The van der Waals surface area contributed by atoms with E-state index in [1.165, 1.54) is 20.1 Å². The van der Waals surface area contributed by atoms with Gasteiger partial charge in [0.1, 0.15) is 6.10 Å². The van der Waals surface area contributed by atoms with Crippen LogP contribution >= 0.6 is 0 Å². The highest BCUT2D eigenvalue weighted by atomic mass is 16.5. The Labute approximate surface area is 173 Å². The van der Waals surface area contributed by atoms with Crippen molar-refractivity contribution in [3.05, 3.63) is 23.3 Å². The number of methoxy groups -OCH3 is 1. The molecule has 6 heteroatoms. The first-order chi connectivity index (χ1) is 13.4. The van der Waals surface area contributed by atoms with Gasteiger partial charge in [0.15, 0.2) is 0 Å². The van der Waals surface area contributed by atoms with Gasteiger partial charge >= 0.3 is 17.9 Å². The second kappa shape index (κ2) is 8.72. The van der Waals surface area contributed by atoms with E-state index in [1.807, 2.05) is 6.92 Å². The van der Waals surface area contributed by atoms with Gasteiger partial charge in [0.25, 0.3) is 0 Å². The van der Waals surface area contributed by atoms with Gasteiger partial charge in [-0.15, -0.1) is 0 Å². The standard InChI is InChI=1S/C23H34O6/c1-14(11-20(25)26)7-9-22(4)15(2)8-10-23(5)18(21(27)28-6)12-17(13-19(22)23)29-16(3)24/h11-12,15,17,19H,7-10,13H2,1-6H3,(H,25,26)/b14-11+/t15-,17+,19-,22+,23+/m1/s1. The largest absolute Gasteiger partial charge is 0.478 e. The van der Waals surface area contributed by atoms with Crippen LogP contribution < -0.4 is 0 Å². The lowest BCUT2D eigenvalue weighted by Gasteiger charge is -2.58. The molecule has 0 spiro atoms. The minimum absolute atomic E-state index is 0.111. The van der Waals surface area contributed by atoms with Gasteiger partial charge in [-0.3, -0.25) is 4.79 Å². The molecule has 2 aliphatic carbocycles. The minimum atomic E-state index is -0.933. The smallest absolute Gasteiger partial charge is 0.334 e. The number of carbonyl (C=O) groups excluding carboxylic acids is 2. The summed E-state index contributed by atoms with van der Waals surface area (Å²) >= 11 is 0. The average molecular weight is 407 g/mol. The van der Waals surface area contributed by atoms with Gasteiger partial charge in [-0.1, -0.05) is 26.3 Å². The molecule has 0 aromatic heterocycles. The van der Waals surface area contributed by atoms with Crippen LogP contribution in [0.5, 0.6) is 0 Å². The maximum atomic E-state index is 12.6. The first-order valence-corrected chi connectivity index (χ1v) is 10.3. The van der Waals surface area contributed by atoms with E-state index in [9.17, 15) is 14.4 Å². The predicted octanol–water partition coefficient (Wildman–Crippen LogP) is 4.29. The van der Waals surface area contributed by atoms with Gasteiger partial charge in [-0.2, -0.15) is 0 Å². The van der Waals surface area contributed by atoms with Crippen molar-refractivity contribution >= 4 is 17.9 Å². The first-order valence-electron chi connectivity index (χ1n) is 10.3. The summed E-state index contributed by atoms with van der Waals surface area (Å²) in [5.74, 6) is -1.16. The molecule has 162 valence electrons. The second-order valence-electron chi connectivity index (χ2n) is 9.20. The fourth-order valence-electron chi connectivity index (χ4n) is 5.50. The lowest BCUT2D eigenvalue weighted by molar-refractivity contribution is -0.152. The number of esters is 2. The quantitative estimate of drug-likeness (QED) is 0.523. The Kier molecular flexibility index (Phi) is 6.97. The Morgan fingerprint density at radius 1 is 1.28 bits per heavy atom. The van der Waals surface area contributed by atoms with Crippen LogP contribution in [0.4, 0.5) is 0 Å². The number of carboxylic acids is 1. The van der Waals surface area contributed by atoms with E-state index >= 15 is 0 Å². The third kappa shape index (κ3) is 4.73. The fourth-order valence-corrected chi connectivity index (χ4v) is 5.50. The molecule has 0 radical (unpaired) electrons. The molecule has 1 fully saturated rings. The first kappa shape index (κ1) is 23.2. The normalized spacial score (nSPS) is 34.6. The van der Waals surface area contributed by atoms with Crippen LogP contribution in [0.25, 0.3) is 0 Å². The number of hydrogen-bond donors (Lipinski definition) is 1. The van der Waals surface area contributed by atoms with Crippen LogP contribution in [0, 0.1) is 22.7 Å². The molecule has 1 N–H and O–H groups in total. The SMILES string of the molecule is COC(=O)C1=C[C@H](OC(C)=O)C[C@@H]2[C@@](C)(CC/C(C)=C/C(=O)O)[C@H](C)CC[C@@]12C. The number of fused-ring (bicyclic) bond motifs is 1. The van der Waals surface area contributed by atoms with Gasteiger partial charge in [-0.25, -0.2) is 9.59 Å². The summed E-state index contributed by atoms with van der Waals surface area (Å²) in [6.45, 7) is 9.80. The molecule has 29 heavy (non-hydrogen) atoms. The molecule has 0 heterocycles. The maximum absolute atomic E-state index is 12.6. The summed E-state index contributed by atoms with van der Waals surface area (Å²) in [5, 5.41) is 9.02. The molecule has 0 aromatic rings. The number of carbonyl (C=O) groups is 3. The Balaban J connectivity index is 2.44. The van der Waals surface area contributed by atoms with E-state index in [0.717, 1.165) is 24.8 Å². The molecular weight excluding hydrogens is 372 g/mol. The van der Waals surface area contributed by atoms with Crippen molar-refractivity contribution in [2.75, 3.05) is 7.11 Å². The summed E-state index contributed by atoms with van der Waals surface area (Å²) in [6.07, 6.45) is 6.55. The van der Waals surface area contributed by atoms with Crippen LogP contribution in [-0.2, 0) is 23.9 Å². The lowest BCUT2D eigenvalue weighted by Crippen LogP contribution is -2.53. The molecule has 0 saturated heterocycles. The zero-order valence-corrected chi connectivity index (χ0v) is 18.4. The van der Waals surface area contributed by atoms with Crippen molar-refractivity contribution in [2.45, 2.75) is 72.8 Å². The van der Waals surface area contributed by atoms with E-state index in [0.29, 0.717) is 24.3 Å². The number of rotatable bonds is 6. The minimum Gasteiger partial charge on any atom is -0.478 e. The molecular formula is C23H34O6. The molecule has 0 amide bonds. The number of allylic oxidation sites excluding steroid dienone is 1. The van der Waals surface area contributed by atoms with E-state index in [2.05, 4.69) is 20.8 Å². The highest BCUT2D eigenvalue weighted by Crippen LogP contribution is 2.62. The number of aliphatic carboxylic acids is 1. The molecule has 2 rings (SSSR count). The predicted molar refractivity (Wildman–Crippen MR) is 109 cm³/mol. The zero-order valence-electron chi connectivity index (χ0n) is 18.4. The van der Waals surface area contributed by atoms with Gasteiger partial charge < -0.3 is 14.6 Å². The average Bonchev–Trinajstić information content (AvgIpc) is 2.63. The third-order valence-corrected chi connectivity index (χ3v) is 7.37. The molecule has 1 saturated carbocycles.